The third-order valence-corrected chi connectivity index (χ3v) is 5.24. The van der Waals surface area contributed by atoms with Crippen molar-refractivity contribution in [2.24, 2.45) is 5.92 Å². The lowest BCUT2D eigenvalue weighted by Crippen LogP contribution is -2.40. The quantitative estimate of drug-likeness (QED) is 0.905. The van der Waals surface area contributed by atoms with Gasteiger partial charge in [-0.3, -0.25) is 4.79 Å². The summed E-state index contributed by atoms with van der Waals surface area (Å²) in [6.45, 7) is 1.75. The molecule has 1 aromatic rings. The number of carbonyl (C=O) groups is 1. The van der Waals surface area contributed by atoms with E-state index in [0.29, 0.717) is 23.9 Å². The molecule has 3 fully saturated rings. The Balaban J connectivity index is 1.41. The molecule has 112 valence electrons. The van der Waals surface area contributed by atoms with Crippen molar-refractivity contribution >= 4 is 5.91 Å². The first kappa shape index (κ1) is 13.3. The van der Waals surface area contributed by atoms with Crippen molar-refractivity contribution in [2.75, 3.05) is 13.1 Å². The van der Waals surface area contributed by atoms with Crippen LogP contribution in [0.15, 0.2) is 24.3 Å². The number of halogens is 1. The first-order valence-electron chi connectivity index (χ1n) is 8.01. The van der Waals surface area contributed by atoms with Crippen molar-refractivity contribution in [3.63, 3.8) is 0 Å². The molecule has 0 aromatic heterocycles. The van der Waals surface area contributed by atoms with Gasteiger partial charge in [0.15, 0.2) is 0 Å². The van der Waals surface area contributed by atoms with E-state index in [1.807, 2.05) is 12.1 Å². The van der Waals surface area contributed by atoms with Gasteiger partial charge in [-0.25, -0.2) is 4.39 Å². The van der Waals surface area contributed by atoms with E-state index in [4.69, 9.17) is 0 Å². The molecule has 1 saturated carbocycles. The fourth-order valence-corrected chi connectivity index (χ4v) is 3.92. The molecule has 4 rings (SSSR count). The molecule has 3 nitrogen and oxygen atoms in total. The van der Waals surface area contributed by atoms with E-state index >= 15 is 0 Å². The molecule has 2 bridgehead atoms. The van der Waals surface area contributed by atoms with Crippen LogP contribution in [0, 0.1) is 11.7 Å². The zero-order chi connectivity index (χ0) is 14.4. The number of hydrogen-bond donors (Lipinski definition) is 1. The molecule has 1 aromatic carbocycles. The number of likely N-dealkylation sites (tertiary alicyclic amines) is 1. The van der Waals surface area contributed by atoms with Crippen LogP contribution in [0.2, 0.25) is 0 Å². The van der Waals surface area contributed by atoms with Crippen LogP contribution < -0.4 is 5.32 Å². The molecule has 0 radical (unpaired) electrons. The third kappa shape index (κ3) is 2.57. The normalized spacial score (nSPS) is 34.6. The Morgan fingerprint density at radius 3 is 2.71 bits per heavy atom. The molecular formula is C17H21FN2O. The molecule has 3 aliphatic rings. The number of fused-ring (bicyclic) bond motifs is 2. The predicted molar refractivity (Wildman–Crippen MR) is 78.4 cm³/mol. The number of carbonyl (C=O) groups excluding carboxylic acids is 1. The summed E-state index contributed by atoms with van der Waals surface area (Å²) in [4.78, 5) is 14.7. The lowest BCUT2D eigenvalue weighted by atomic mass is 10.1. The summed E-state index contributed by atoms with van der Waals surface area (Å²) in [7, 11) is 0. The molecule has 2 heterocycles. The number of amides is 1. The van der Waals surface area contributed by atoms with E-state index < -0.39 is 0 Å². The van der Waals surface area contributed by atoms with Gasteiger partial charge in [0, 0.05) is 31.1 Å². The fourth-order valence-electron chi connectivity index (χ4n) is 3.92. The van der Waals surface area contributed by atoms with Gasteiger partial charge in [-0.05, 0) is 49.3 Å². The second-order valence-electron chi connectivity index (χ2n) is 6.71. The van der Waals surface area contributed by atoms with Gasteiger partial charge in [-0.2, -0.15) is 0 Å². The lowest BCUT2D eigenvalue weighted by molar-refractivity contribution is -0.132. The van der Waals surface area contributed by atoms with Gasteiger partial charge < -0.3 is 10.2 Å². The summed E-state index contributed by atoms with van der Waals surface area (Å²) < 4.78 is 13.0. The maximum absolute atomic E-state index is 13.0. The van der Waals surface area contributed by atoms with Gasteiger partial charge in [0.2, 0.25) is 5.91 Å². The Kier molecular flexibility index (Phi) is 3.21. The van der Waals surface area contributed by atoms with Crippen LogP contribution >= 0.6 is 0 Å². The predicted octanol–water partition coefficient (Wildman–Crippen LogP) is 2.28. The average molecular weight is 288 g/mol. The Bertz CT molecular complexity index is 544. The first-order chi connectivity index (χ1) is 10.2. The highest BCUT2D eigenvalue weighted by atomic mass is 19.1. The highest BCUT2D eigenvalue weighted by molar-refractivity contribution is 5.83. The Morgan fingerprint density at radius 2 is 1.90 bits per heavy atom. The summed E-state index contributed by atoms with van der Waals surface area (Å²) in [5.74, 6) is 0.508. The topological polar surface area (TPSA) is 32.3 Å². The van der Waals surface area contributed by atoms with Crippen LogP contribution in [-0.2, 0) is 4.79 Å². The smallest absolute Gasteiger partial charge is 0.226 e. The van der Waals surface area contributed by atoms with Gasteiger partial charge in [0.25, 0.3) is 0 Å². The molecule has 1 aliphatic carbocycles. The van der Waals surface area contributed by atoms with Crippen molar-refractivity contribution in [1.29, 1.82) is 0 Å². The number of nitrogens with one attached hydrogen (secondary N) is 1. The van der Waals surface area contributed by atoms with Crippen LogP contribution in [0.3, 0.4) is 0 Å². The van der Waals surface area contributed by atoms with Crippen LogP contribution in [0.1, 0.15) is 37.2 Å². The summed E-state index contributed by atoms with van der Waals surface area (Å²) in [5.41, 5.74) is 1.10. The largest absolute Gasteiger partial charge is 0.341 e. The Labute approximate surface area is 124 Å². The van der Waals surface area contributed by atoms with Crippen molar-refractivity contribution in [1.82, 2.24) is 10.2 Å². The highest BCUT2D eigenvalue weighted by Crippen LogP contribution is 2.48. The summed E-state index contributed by atoms with van der Waals surface area (Å²) in [6.07, 6.45) is 4.45. The average Bonchev–Trinajstić information content (AvgIpc) is 3.18. The molecular weight excluding hydrogens is 267 g/mol. The van der Waals surface area contributed by atoms with Crippen molar-refractivity contribution in [2.45, 2.75) is 43.7 Å². The van der Waals surface area contributed by atoms with Gasteiger partial charge in [-0.15, -0.1) is 0 Å². The third-order valence-electron chi connectivity index (χ3n) is 5.24. The number of nitrogens with zero attached hydrogens (tertiary/aromatic N) is 1. The Hall–Kier alpha value is -1.42. The van der Waals surface area contributed by atoms with Gasteiger partial charge >= 0.3 is 0 Å². The van der Waals surface area contributed by atoms with E-state index in [1.54, 1.807) is 0 Å². The molecule has 4 heteroatoms. The molecule has 1 amide bonds. The standard InChI is InChI=1S/C17H21FN2O/c18-12-3-1-11(2-4-12)15-9-16(15)17(21)20-8-7-13-5-6-14(10-20)19-13/h1-4,13-16,19H,5-10H2. The van der Waals surface area contributed by atoms with E-state index in [2.05, 4.69) is 10.2 Å². The zero-order valence-corrected chi connectivity index (χ0v) is 12.1. The summed E-state index contributed by atoms with van der Waals surface area (Å²) in [6, 6.07) is 7.72. The minimum Gasteiger partial charge on any atom is -0.341 e. The van der Waals surface area contributed by atoms with Crippen LogP contribution in [0.25, 0.3) is 0 Å². The van der Waals surface area contributed by atoms with Gasteiger partial charge in [0.05, 0.1) is 0 Å². The molecule has 2 aliphatic heterocycles. The molecule has 0 spiro atoms. The molecule has 4 atom stereocenters. The van der Waals surface area contributed by atoms with Gasteiger partial charge in [0.1, 0.15) is 5.82 Å². The number of rotatable bonds is 2. The second kappa shape index (κ2) is 5.09. The van der Waals surface area contributed by atoms with Crippen LogP contribution in [0.4, 0.5) is 4.39 Å². The minimum absolute atomic E-state index is 0.118. The molecule has 2 saturated heterocycles. The van der Waals surface area contributed by atoms with Crippen molar-refractivity contribution in [3.8, 4) is 0 Å². The van der Waals surface area contributed by atoms with Crippen molar-refractivity contribution < 1.29 is 9.18 Å². The van der Waals surface area contributed by atoms with Gasteiger partial charge in [-0.1, -0.05) is 12.1 Å². The molecule has 21 heavy (non-hydrogen) atoms. The monoisotopic (exact) mass is 288 g/mol. The maximum atomic E-state index is 13.0. The van der Waals surface area contributed by atoms with E-state index in [1.165, 1.54) is 25.0 Å². The Morgan fingerprint density at radius 1 is 1.14 bits per heavy atom. The zero-order valence-electron chi connectivity index (χ0n) is 12.1. The fraction of sp³-hybridized carbons (Fsp3) is 0.588. The first-order valence-corrected chi connectivity index (χ1v) is 8.01. The van der Waals surface area contributed by atoms with E-state index in [0.717, 1.165) is 31.5 Å². The number of benzene rings is 1. The minimum atomic E-state index is -0.211. The van der Waals surface area contributed by atoms with E-state index in [9.17, 15) is 9.18 Å². The maximum Gasteiger partial charge on any atom is 0.226 e. The van der Waals surface area contributed by atoms with Crippen molar-refractivity contribution in [3.05, 3.63) is 35.6 Å². The highest BCUT2D eigenvalue weighted by Gasteiger charge is 2.46. The van der Waals surface area contributed by atoms with E-state index in [-0.39, 0.29) is 11.7 Å². The summed E-state index contributed by atoms with van der Waals surface area (Å²) in [5, 5.41) is 3.61. The van der Waals surface area contributed by atoms with Crippen LogP contribution in [0.5, 0.6) is 0 Å². The van der Waals surface area contributed by atoms with Crippen LogP contribution in [-0.4, -0.2) is 36.0 Å². The molecule has 1 N–H and O–H groups in total. The molecule has 4 unspecified atom stereocenters. The second-order valence-corrected chi connectivity index (χ2v) is 6.71. The lowest BCUT2D eigenvalue weighted by Gasteiger charge is -2.24. The summed E-state index contributed by atoms with van der Waals surface area (Å²) >= 11 is 0. The SMILES string of the molecule is O=C(C1CC1c1ccc(F)cc1)N1CCC2CCC(C1)N2. The number of hydrogen-bond acceptors (Lipinski definition) is 2.